The van der Waals surface area contributed by atoms with Gasteiger partial charge in [-0.25, -0.2) is 0 Å². The summed E-state index contributed by atoms with van der Waals surface area (Å²) in [5.41, 5.74) is 0.502. The van der Waals surface area contributed by atoms with Crippen LogP contribution in [-0.2, 0) is 0 Å². The van der Waals surface area contributed by atoms with Crippen molar-refractivity contribution in [1.29, 1.82) is 0 Å². The van der Waals surface area contributed by atoms with Crippen LogP contribution < -0.4 is 14.8 Å². The third kappa shape index (κ3) is 3.49. The molecule has 1 aliphatic rings. The van der Waals surface area contributed by atoms with Gasteiger partial charge < -0.3 is 14.8 Å². The fourth-order valence-electron chi connectivity index (χ4n) is 2.57. The van der Waals surface area contributed by atoms with Gasteiger partial charge in [0.2, 0.25) is 0 Å². The van der Waals surface area contributed by atoms with E-state index in [4.69, 9.17) is 9.47 Å². The van der Waals surface area contributed by atoms with Crippen molar-refractivity contribution < 1.29 is 24.0 Å². The minimum absolute atomic E-state index is 0.115. The summed E-state index contributed by atoms with van der Waals surface area (Å²) in [6.07, 6.45) is 0.249. The summed E-state index contributed by atoms with van der Waals surface area (Å²) in [7, 11) is 0. The third-order valence-electron chi connectivity index (χ3n) is 3.87. The standard InChI is InChI=1S/C18H16N2O6/c1-2-15(21)13-9-16-17(26-7-6-25-16)10-14(13)19-18(22)11-4-3-5-12(8-11)20(23)24/h3-5,8-10H,2,6-7H2,1H3,(H,19,22). The molecule has 0 unspecified atom stereocenters. The van der Waals surface area contributed by atoms with Crippen LogP contribution in [0.4, 0.5) is 11.4 Å². The Balaban J connectivity index is 1.95. The van der Waals surface area contributed by atoms with Gasteiger partial charge in [-0.05, 0) is 12.1 Å². The average Bonchev–Trinajstić information content (AvgIpc) is 2.66. The van der Waals surface area contributed by atoms with Gasteiger partial charge in [-0.1, -0.05) is 13.0 Å². The lowest BCUT2D eigenvalue weighted by molar-refractivity contribution is -0.384. The molecule has 0 radical (unpaired) electrons. The molecule has 26 heavy (non-hydrogen) atoms. The molecule has 0 saturated heterocycles. The zero-order chi connectivity index (χ0) is 18.7. The number of Topliss-reactive ketones (excluding diaryl/α,β-unsaturated/α-hetero) is 1. The Kier molecular flexibility index (Phi) is 4.83. The molecule has 1 aliphatic heterocycles. The van der Waals surface area contributed by atoms with E-state index in [-0.39, 0.29) is 29.1 Å². The lowest BCUT2D eigenvalue weighted by atomic mass is 10.0. The molecule has 8 nitrogen and oxygen atoms in total. The van der Waals surface area contributed by atoms with Crippen LogP contribution in [-0.4, -0.2) is 29.8 Å². The molecule has 2 aromatic carbocycles. The zero-order valence-corrected chi connectivity index (χ0v) is 14.0. The third-order valence-corrected chi connectivity index (χ3v) is 3.87. The van der Waals surface area contributed by atoms with E-state index in [1.54, 1.807) is 13.0 Å². The Bertz CT molecular complexity index is 893. The SMILES string of the molecule is CCC(=O)c1cc2c(cc1NC(=O)c1cccc([N+](=O)[O-])c1)OCCO2. The first-order valence-electron chi connectivity index (χ1n) is 8.02. The lowest BCUT2D eigenvalue weighted by Crippen LogP contribution is -2.19. The van der Waals surface area contributed by atoms with Crippen molar-refractivity contribution in [3.8, 4) is 11.5 Å². The molecular weight excluding hydrogens is 340 g/mol. The molecule has 0 atom stereocenters. The molecule has 1 heterocycles. The Morgan fingerprint density at radius 3 is 2.50 bits per heavy atom. The summed E-state index contributed by atoms with van der Waals surface area (Å²) in [6.45, 7) is 2.46. The molecule has 134 valence electrons. The number of nitrogens with zero attached hydrogens (tertiary/aromatic N) is 1. The van der Waals surface area contributed by atoms with Crippen LogP contribution in [0, 0.1) is 10.1 Å². The number of fused-ring (bicyclic) bond motifs is 1. The Morgan fingerprint density at radius 1 is 1.15 bits per heavy atom. The average molecular weight is 356 g/mol. The summed E-state index contributed by atoms with van der Waals surface area (Å²) >= 11 is 0. The Hall–Kier alpha value is -3.42. The number of non-ortho nitro benzene ring substituents is 1. The number of carbonyl (C=O) groups excluding carboxylic acids is 2. The van der Waals surface area contributed by atoms with Crippen LogP contribution in [0.5, 0.6) is 11.5 Å². The summed E-state index contributed by atoms with van der Waals surface area (Å²) in [4.78, 5) is 35.0. The van der Waals surface area contributed by atoms with Gasteiger partial charge in [0.1, 0.15) is 13.2 Å². The van der Waals surface area contributed by atoms with Gasteiger partial charge in [-0.3, -0.25) is 19.7 Å². The fourth-order valence-corrected chi connectivity index (χ4v) is 2.57. The molecule has 8 heteroatoms. The molecule has 2 aromatic rings. The zero-order valence-electron chi connectivity index (χ0n) is 14.0. The maximum Gasteiger partial charge on any atom is 0.270 e. The van der Waals surface area contributed by atoms with Crippen molar-refractivity contribution in [1.82, 2.24) is 0 Å². The van der Waals surface area contributed by atoms with E-state index in [1.807, 2.05) is 0 Å². The first-order chi connectivity index (χ1) is 12.5. The molecular formula is C18H16N2O6. The maximum absolute atomic E-state index is 12.5. The number of nitrogens with one attached hydrogen (secondary N) is 1. The lowest BCUT2D eigenvalue weighted by Gasteiger charge is -2.21. The van der Waals surface area contributed by atoms with Crippen molar-refractivity contribution in [2.24, 2.45) is 0 Å². The van der Waals surface area contributed by atoms with Gasteiger partial charge in [0, 0.05) is 35.7 Å². The fraction of sp³-hybridized carbons (Fsp3) is 0.222. The summed E-state index contributed by atoms with van der Waals surface area (Å²) in [5, 5.41) is 13.5. The number of carbonyl (C=O) groups is 2. The minimum atomic E-state index is -0.576. The number of nitro benzene ring substituents is 1. The molecule has 0 spiro atoms. The largest absolute Gasteiger partial charge is 0.486 e. The molecule has 0 aliphatic carbocycles. The van der Waals surface area contributed by atoms with Crippen molar-refractivity contribution in [3.63, 3.8) is 0 Å². The number of benzene rings is 2. The first-order valence-corrected chi connectivity index (χ1v) is 8.02. The Labute approximate surface area is 148 Å². The van der Waals surface area contributed by atoms with Gasteiger partial charge >= 0.3 is 0 Å². The second-order valence-electron chi connectivity index (χ2n) is 5.58. The number of nitro groups is 1. The second-order valence-corrected chi connectivity index (χ2v) is 5.58. The van der Waals surface area contributed by atoms with Crippen LogP contribution in [0.25, 0.3) is 0 Å². The highest BCUT2D eigenvalue weighted by atomic mass is 16.6. The number of ketones is 1. The van der Waals surface area contributed by atoms with E-state index < -0.39 is 10.8 Å². The van der Waals surface area contributed by atoms with Gasteiger partial charge in [-0.2, -0.15) is 0 Å². The van der Waals surface area contributed by atoms with Crippen LogP contribution in [0.1, 0.15) is 34.1 Å². The molecule has 0 saturated carbocycles. The van der Waals surface area contributed by atoms with Gasteiger partial charge in [0.05, 0.1) is 10.6 Å². The highest BCUT2D eigenvalue weighted by Gasteiger charge is 2.21. The highest BCUT2D eigenvalue weighted by Crippen LogP contribution is 2.36. The molecule has 3 rings (SSSR count). The molecule has 0 fully saturated rings. The topological polar surface area (TPSA) is 108 Å². The number of anilines is 1. The number of hydrogen-bond acceptors (Lipinski definition) is 6. The summed E-state index contributed by atoms with van der Waals surface area (Å²) in [5.74, 6) is 0.145. The predicted octanol–water partition coefficient (Wildman–Crippen LogP) is 3.21. The number of amides is 1. The number of ether oxygens (including phenoxy) is 2. The van der Waals surface area contributed by atoms with Crippen molar-refractivity contribution >= 4 is 23.1 Å². The van der Waals surface area contributed by atoms with Crippen LogP contribution in [0.3, 0.4) is 0 Å². The van der Waals surface area contributed by atoms with Crippen molar-refractivity contribution in [2.45, 2.75) is 13.3 Å². The summed E-state index contributed by atoms with van der Waals surface area (Å²) in [6, 6.07) is 8.44. The second kappa shape index (κ2) is 7.22. The molecule has 0 bridgehead atoms. The van der Waals surface area contributed by atoms with E-state index in [0.717, 1.165) is 0 Å². The first kappa shape index (κ1) is 17.4. The van der Waals surface area contributed by atoms with E-state index in [1.165, 1.54) is 30.3 Å². The summed E-state index contributed by atoms with van der Waals surface area (Å²) < 4.78 is 11.0. The van der Waals surface area contributed by atoms with Crippen LogP contribution in [0.15, 0.2) is 36.4 Å². The maximum atomic E-state index is 12.5. The van der Waals surface area contributed by atoms with Crippen molar-refractivity contribution in [3.05, 3.63) is 57.6 Å². The van der Waals surface area contributed by atoms with E-state index in [0.29, 0.717) is 30.3 Å². The predicted molar refractivity (Wildman–Crippen MR) is 93.1 cm³/mol. The van der Waals surface area contributed by atoms with Gasteiger partial charge in [-0.15, -0.1) is 0 Å². The normalized spacial score (nSPS) is 12.3. The van der Waals surface area contributed by atoms with Crippen molar-refractivity contribution in [2.75, 3.05) is 18.5 Å². The number of hydrogen-bond donors (Lipinski definition) is 1. The van der Waals surface area contributed by atoms with Crippen LogP contribution >= 0.6 is 0 Å². The van der Waals surface area contributed by atoms with Gasteiger partial charge in [0.15, 0.2) is 17.3 Å². The molecule has 1 amide bonds. The van der Waals surface area contributed by atoms with Gasteiger partial charge in [0.25, 0.3) is 11.6 Å². The quantitative estimate of drug-likeness (QED) is 0.501. The molecule has 1 N–H and O–H groups in total. The Morgan fingerprint density at radius 2 is 1.85 bits per heavy atom. The highest BCUT2D eigenvalue weighted by molar-refractivity contribution is 6.10. The van der Waals surface area contributed by atoms with E-state index >= 15 is 0 Å². The smallest absolute Gasteiger partial charge is 0.270 e. The molecule has 0 aromatic heterocycles. The minimum Gasteiger partial charge on any atom is -0.486 e. The number of rotatable bonds is 5. The van der Waals surface area contributed by atoms with Crippen LogP contribution in [0.2, 0.25) is 0 Å². The monoisotopic (exact) mass is 356 g/mol. The van der Waals surface area contributed by atoms with E-state index in [2.05, 4.69) is 5.32 Å². The van der Waals surface area contributed by atoms with E-state index in [9.17, 15) is 19.7 Å².